The van der Waals surface area contributed by atoms with Crippen LogP contribution in [0.1, 0.15) is 12.8 Å². The summed E-state index contributed by atoms with van der Waals surface area (Å²) in [5.41, 5.74) is 0. The van der Waals surface area contributed by atoms with Crippen LogP contribution in [-0.4, -0.2) is 69.8 Å². The number of nitrogens with one attached hydrogen (secondary N) is 1. The molecule has 2 aliphatic rings. The molecule has 150 valence electrons. The SMILES string of the molecule is C[NH+]1CCN(C(=O)C2CCN(S(=O)(=O)c3ccc4ccccc4c3)CC2)CC1. The third-order valence-electron chi connectivity index (χ3n) is 6.09. The Bertz CT molecular complexity index is 960. The van der Waals surface area contributed by atoms with Gasteiger partial charge in [-0.15, -0.1) is 0 Å². The third kappa shape index (κ3) is 3.79. The minimum Gasteiger partial charge on any atom is -0.334 e. The number of benzene rings is 2. The minimum absolute atomic E-state index is 0.0542. The Labute approximate surface area is 166 Å². The molecule has 0 unspecified atom stereocenters. The largest absolute Gasteiger partial charge is 0.334 e. The van der Waals surface area contributed by atoms with Crippen LogP contribution in [0, 0.1) is 5.92 Å². The van der Waals surface area contributed by atoms with Gasteiger partial charge in [-0.1, -0.05) is 30.3 Å². The van der Waals surface area contributed by atoms with Gasteiger partial charge in [-0.3, -0.25) is 4.79 Å². The second kappa shape index (κ2) is 7.81. The first-order valence-corrected chi connectivity index (χ1v) is 11.5. The molecule has 4 rings (SSSR count). The molecule has 0 atom stereocenters. The maximum absolute atomic E-state index is 13.1. The van der Waals surface area contributed by atoms with Crippen LogP contribution in [0.5, 0.6) is 0 Å². The minimum atomic E-state index is -3.53. The number of piperidine rings is 1. The van der Waals surface area contributed by atoms with Crippen molar-refractivity contribution >= 4 is 26.7 Å². The van der Waals surface area contributed by atoms with Crippen molar-refractivity contribution in [3.63, 3.8) is 0 Å². The fraction of sp³-hybridized carbons (Fsp3) is 0.476. The number of quaternary nitrogens is 1. The van der Waals surface area contributed by atoms with Crippen LogP contribution in [0.15, 0.2) is 47.4 Å². The van der Waals surface area contributed by atoms with Crippen LogP contribution in [0.25, 0.3) is 10.8 Å². The van der Waals surface area contributed by atoms with E-state index in [0.29, 0.717) is 30.8 Å². The van der Waals surface area contributed by atoms with E-state index in [4.69, 9.17) is 0 Å². The number of carbonyl (C=O) groups is 1. The number of sulfonamides is 1. The van der Waals surface area contributed by atoms with Gasteiger partial charge in [0.25, 0.3) is 0 Å². The van der Waals surface area contributed by atoms with Gasteiger partial charge in [0.05, 0.1) is 38.1 Å². The van der Waals surface area contributed by atoms with Gasteiger partial charge in [-0.25, -0.2) is 8.42 Å². The van der Waals surface area contributed by atoms with Gasteiger partial charge in [0.15, 0.2) is 0 Å². The van der Waals surface area contributed by atoms with Gasteiger partial charge in [0, 0.05) is 19.0 Å². The van der Waals surface area contributed by atoms with Crippen molar-refractivity contribution in [3.05, 3.63) is 42.5 Å². The van der Waals surface area contributed by atoms with Gasteiger partial charge >= 0.3 is 0 Å². The van der Waals surface area contributed by atoms with Crippen LogP contribution >= 0.6 is 0 Å². The van der Waals surface area contributed by atoms with Gasteiger partial charge in [0.1, 0.15) is 0 Å². The summed E-state index contributed by atoms with van der Waals surface area (Å²) in [6, 6.07) is 13.0. The molecular weight excluding hydrogens is 374 g/mol. The van der Waals surface area contributed by atoms with Crippen LogP contribution in [0.4, 0.5) is 0 Å². The normalized spacial score (nSPS) is 20.5. The molecule has 0 radical (unpaired) electrons. The number of fused-ring (bicyclic) bond motifs is 1. The highest BCUT2D eigenvalue weighted by Gasteiger charge is 2.34. The molecule has 1 N–H and O–H groups in total. The first-order valence-electron chi connectivity index (χ1n) is 10.0. The quantitative estimate of drug-likeness (QED) is 0.818. The van der Waals surface area contributed by atoms with Gasteiger partial charge < -0.3 is 9.80 Å². The number of hydrogen-bond acceptors (Lipinski definition) is 3. The summed E-state index contributed by atoms with van der Waals surface area (Å²) in [6.45, 7) is 4.40. The van der Waals surface area contributed by atoms with Crippen LogP contribution in [0.2, 0.25) is 0 Å². The molecule has 0 aliphatic carbocycles. The lowest BCUT2D eigenvalue weighted by atomic mass is 9.96. The third-order valence-corrected chi connectivity index (χ3v) is 7.99. The number of hydrogen-bond donors (Lipinski definition) is 1. The van der Waals surface area contributed by atoms with E-state index in [0.717, 1.165) is 37.0 Å². The van der Waals surface area contributed by atoms with Crippen molar-refractivity contribution < 1.29 is 18.1 Å². The molecule has 7 heteroatoms. The number of likely N-dealkylation sites (N-methyl/N-ethyl adjacent to an activating group) is 1. The first-order chi connectivity index (χ1) is 13.4. The monoisotopic (exact) mass is 402 g/mol. The fourth-order valence-corrected chi connectivity index (χ4v) is 5.69. The van der Waals surface area contributed by atoms with Crippen LogP contribution in [0.3, 0.4) is 0 Å². The van der Waals surface area contributed by atoms with E-state index in [1.54, 1.807) is 12.1 Å². The van der Waals surface area contributed by atoms with E-state index >= 15 is 0 Å². The summed E-state index contributed by atoms with van der Waals surface area (Å²) in [5, 5.41) is 1.95. The smallest absolute Gasteiger partial charge is 0.243 e. The Hall–Kier alpha value is -1.96. The summed E-state index contributed by atoms with van der Waals surface area (Å²) in [4.78, 5) is 16.5. The molecule has 0 bridgehead atoms. The topological polar surface area (TPSA) is 62.1 Å². The summed E-state index contributed by atoms with van der Waals surface area (Å²) in [5.74, 6) is 0.150. The molecule has 2 saturated heterocycles. The van der Waals surface area contributed by atoms with Gasteiger partial charge in [-0.2, -0.15) is 4.31 Å². The number of nitrogens with zero attached hydrogens (tertiary/aromatic N) is 2. The first kappa shape index (κ1) is 19.4. The van der Waals surface area contributed by atoms with E-state index in [1.165, 1.54) is 9.21 Å². The highest BCUT2D eigenvalue weighted by molar-refractivity contribution is 7.89. The molecule has 0 saturated carbocycles. The second-order valence-electron chi connectivity index (χ2n) is 7.97. The molecule has 2 aromatic carbocycles. The number of piperazine rings is 1. The molecule has 6 nitrogen and oxygen atoms in total. The van der Waals surface area contributed by atoms with E-state index < -0.39 is 10.0 Å². The average Bonchev–Trinajstić information content (AvgIpc) is 2.73. The summed E-state index contributed by atoms with van der Waals surface area (Å²) in [7, 11) is -1.38. The highest BCUT2D eigenvalue weighted by atomic mass is 32.2. The Morgan fingerprint density at radius 1 is 0.964 bits per heavy atom. The van der Waals surface area contributed by atoms with Gasteiger partial charge in [0.2, 0.25) is 15.9 Å². The van der Waals surface area contributed by atoms with Gasteiger partial charge in [-0.05, 0) is 35.7 Å². The predicted molar refractivity (Wildman–Crippen MR) is 109 cm³/mol. The lowest BCUT2D eigenvalue weighted by Gasteiger charge is -2.36. The predicted octanol–water partition coefficient (Wildman–Crippen LogP) is 0.597. The van der Waals surface area contributed by atoms with Crippen LogP contribution < -0.4 is 4.90 Å². The molecule has 0 spiro atoms. The molecule has 2 aromatic rings. The fourth-order valence-electron chi connectivity index (χ4n) is 4.19. The van der Waals surface area contributed by atoms with E-state index in [9.17, 15) is 13.2 Å². The second-order valence-corrected chi connectivity index (χ2v) is 9.91. The van der Waals surface area contributed by atoms with Crippen molar-refractivity contribution in [3.8, 4) is 0 Å². The zero-order chi connectivity index (χ0) is 19.7. The maximum Gasteiger partial charge on any atom is 0.243 e. The summed E-state index contributed by atoms with van der Waals surface area (Å²) in [6.07, 6.45) is 1.20. The van der Waals surface area contributed by atoms with E-state index in [-0.39, 0.29) is 11.8 Å². The molecular formula is C21H28N3O3S+. The molecule has 28 heavy (non-hydrogen) atoms. The van der Waals surface area contributed by atoms with E-state index in [1.807, 2.05) is 35.2 Å². The lowest BCUT2D eigenvalue weighted by Crippen LogP contribution is -3.12. The standard InChI is InChI=1S/C21H27N3O3S/c1-22-12-14-23(15-13-22)21(25)18-8-10-24(11-9-18)28(26,27)20-7-6-17-4-2-3-5-19(17)16-20/h2-7,16,18H,8-15H2,1H3/p+1. The average molecular weight is 403 g/mol. The Morgan fingerprint density at radius 2 is 1.61 bits per heavy atom. The molecule has 2 fully saturated rings. The Kier molecular flexibility index (Phi) is 5.40. The number of amides is 1. The maximum atomic E-state index is 13.1. The molecule has 0 aromatic heterocycles. The zero-order valence-corrected chi connectivity index (χ0v) is 17.1. The highest BCUT2D eigenvalue weighted by Crippen LogP contribution is 2.27. The molecule has 2 aliphatic heterocycles. The molecule has 2 heterocycles. The Morgan fingerprint density at radius 3 is 2.29 bits per heavy atom. The summed E-state index contributed by atoms with van der Waals surface area (Å²) < 4.78 is 27.7. The lowest BCUT2D eigenvalue weighted by molar-refractivity contribution is -0.883. The van der Waals surface area contributed by atoms with Crippen molar-refractivity contribution in [2.75, 3.05) is 46.3 Å². The molecule has 1 amide bonds. The van der Waals surface area contributed by atoms with Crippen molar-refractivity contribution in [1.29, 1.82) is 0 Å². The Balaban J connectivity index is 1.42. The number of carbonyl (C=O) groups excluding carboxylic acids is 1. The zero-order valence-electron chi connectivity index (χ0n) is 16.3. The van der Waals surface area contributed by atoms with Crippen LogP contribution in [-0.2, 0) is 14.8 Å². The van der Waals surface area contributed by atoms with Crippen molar-refractivity contribution in [2.45, 2.75) is 17.7 Å². The van der Waals surface area contributed by atoms with E-state index in [2.05, 4.69) is 7.05 Å². The summed E-state index contributed by atoms with van der Waals surface area (Å²) >= 11 is 0. The van der Waals surface area contributed by atoms with Crippen molar-refractivity contribution in [1.82, 2.24) is 9.21 Å². The van der Waals surface area contributed by atoms with Crippen molar-refractivity contribution in [2.24, 2.45) is 5.92 Å². The number of rotatable bonds is 3.